The maximum atomic E-state index is 8.83. The molecule has 0 unspecified atom stereocenters. The topological polar surface area (TPSA) is 95.2 Å². The zero-order valence-corrected chi connectivity index (χ0v) is 11.1. The Hall–Kier alpha value is -0.900. The molecule has 0 rings (SSSR count). The Kier molecular flexibility index (Phi) is 10.0. The van der Waals surface area contributed by atoms with Crippen LogP contribution in [0.15, 0.2) is 9.81 Å². The van der Waals surface area contributed by atoms with E-state index in [2.05, 4.69) is 0 Å². The lowest BCUT2D eigenvalue weighted by Gasteiger charge is -1.99. The molecule has 8 heteroatoms. The van der Waals surface area contributed by atoms with Gasteiger partial charge in [-0.1, -0.05) is 0 Å². The summed E-state index contributed by atoms with van der Waals surface area (Å²) in [7, 11) is 0. The Morgan fingerprint density at radius 3 is 1.38 bits per heavy atom. The maximum absolute atomic E-state index is 8.83. The molecule has 0 aromatic heterocycles. The second kappa shape index (κ2) is 10.6. The fraction of sp³-hybridized carbons (Fsp3) is 0.250. The number of hydrogen-bond acceptors (Lipinski definition) is 8. The van der Waals surface area contributed by atoms with Crippen LogP contribution in [0.2, 0.25) is 0 Å². The lowest BCUT2D eigenvalue weighted by Crippen LogP contribution is -1.81. The Bertz CT molecular complexity index is 377. The van der Waals surface area contributed by atoms with Crippen LogP contribution in [-0.2, 0) is 0 Å². The summed E-state index contributed by atoms with van der Waals surface area (Å²) in [4.78, 5) is 0.600. The van der Waals surface area contributed by atoms with Crippen molar-refractivity contribution in [2.45, 2.75) is 0 Å². The molecule has 0 radical (unpaired) electrons. The van der Waals surface area contributed by atoms with Crippen LogP contribution in [-0.4, -0.2) is 10.2 Å². The minimum Gasteiger partial charge on any atom is -0.192 e. The Balaban J connectivity index is 4.44. The van der Waals surface area contributed by atoms with Crippen LogP contribution in [0, 0.1) is 44.0 Å². The molecule has 0 fully saturated rings. The zero-order chi connectivity index (χ0) is 12.2. The minimum atomic E-state index is 0.300. The molecule has 16 heavy (non-hydrogen) atoms. The van der Waals surface area contributed by atoms with Crippen LogP contribution < -0.4 is 0 Å². The molecule has 0 aromatic rings. The molecule has 0 amide bonds. The number of nitriles is 4. The summed E-state index contributed by atoms with van der Waals surface area (Å²) in [6, 6.07) is 3.85. The normalized spacial score (nSPS) is 10.2. The molecule has 0 atom stereocenters. The van der Waals surface area contributed by atoms with Crippen LogP contribution in [0.1, 0.15) is 0 Å². The van der Waals surface area contributed by atoms with E-state index in [1.807, 2.05) is 22.9 Å². The van der Waals surface area contributed by atoms with Gasteiger partial charge in [0.05, 0.1) is 10.2 Å². The summed E-state index contributed by atoms with van der Waals surface area (Å²) in [6.07, 6.45) is 0. The molecular formula is C8H4N4S4. The largest absolute Gasteiger partial charge is 0.192 e. The molecule has 4 nitrogen and oxygen atoms in total. The summed E-state index contributed by atoms with van der Waals surface area (Å²) in [5, 5.41) is 38.9. The fourth-order valence-corrected chi connectivity index (χ4v) is 3.20. The Morgan fingerprint density at radius 2 is 1.12 bits per heavy atom. The van der Waals surface area contributed by atoms with E-state index in [0.29, 0.717) is 20.0 Å². The quantitative estimate of drug-likeness (QED) is 0.318. The second-order valence-corrected chi connectivity index (χ2v) is 6.10. The van der Waals surface area contributed by atoms with Crippen LogP contribution in [0.5, 0.6) is 0 Å². The van der Waals surface area contributed by atoms with Crippen molar-refractivity contribution >= 4 is 47.0 Å². The summed E-state index contributed by atoms with van der Waals surface area (Å²) in [5.41, 5.74) is 0. The van der Waals surface area contributed by atoms with E-state index in [1.165, 1.54) is 0 Å². The number of thioether (sulfide) groups is 4. The van der Waals surface area contributed by atoms with E-state index in [1.54, 1.807) is 0 Å². The highest BCUT2D eigenvalue weighted by atomic mass is 32.2. The standard InChI is InChI=1S/C8H4N4S4/c9-1-7(15-5-13-3-11)8(2-10)16-6-14-4-12/h5-6H2. The third kappa shape index (κ3) is 6.56. The summed E-state index contributed by atoms with van der Waals surface area (Å²) in [6.45, 7) is 0. The highest BCUT2D eigenvalue weighted by molar-refractivity contribution is 8.21. The highest BCUT2D eigenvalue weighted by Crippen LogP contribution is 2.30. The van der Waals surface area contributed by atoms with Crippen molar-refractivity contribution in [2.75, 3.05) is 10.2 Å². The minimum absolute atomic E-state index is 0.300. The van der Waals surface area contributed by atoms with Crippen molar-refractivity contribution < 1.29 is 0 Å². The Labute approximate surface area is 111 Å². The highest BCUT2D eigenvalue weighted by Gasteiger charge is 2.07. The van der Waals surface area contributed by atoms with Gasteiger partial charge in [0.25, 0.3) is 0 Å². The van der Waals surface area contributed by atoms with Crippen molar-refractivity contribution in [3.63, 3.8) is 0 Å². The first-order valence-electron chi connectivity index (χ1n) is 3.62. The molecule has 0 bridgehead atoms. The van der Waals surface area contributed by atoms with Crippen molar-refractivity contribution in [2.24, 2.45) is 0 Å². The van der Waals surface area contributed by atoms with Gasteiger partial charge in [0.1, 0.15) is 32.8 Å². The predicted molar refractivity (Wildman–Crippen MR) is 69.6 cm³/mol. The molecule has 0 heterocycles. The molecule has 0 aromatic carbocycles. The molecule has 0 spiro atoms. The molecule has 0 saturated carbocycles. The van der Waals surface area contributed by atoms with E-state index in [4.69, 9.17) is 21.0 Å². The molecule has 0 saturated heterocycles. The van der Waals surface area contributed by atoms with Gasteiger partial charge in [-0.2, -0.15) is 21.0 Å². The zero-order valence-electron chi connectivity index (χ0n) is 7.84. The third-order valence-electron chi connectivity index (χ3n) is 1.06. The molecular weight excluding hydrogens is 280 g/mol. The first-order chi connectivity index (χ1) is 7.79. The number of allylic oxidation sites excluding steroid dienone is 2. The number of nitrogens with zero attached hydrogens (tertiary/aromatic N) is 4. The summed E-state index contributed by atoms with van der Waals surface area (Å²) < 4.78 is 0. The van der Waals surface area contributed by atoms with Gasteiger partial charge >= 0.3 is 0 Å². The van der Waals surface area contributed by atoms with E-state index in [9.17, 15) is 0 Å². The summed E-state index contributed by atoms with van der Waals surface area (Å²) >= 11 is 4.35. The smallest absolute Gasteiger partial charge is 0.134 e. The lowest BCUT2D eigenvalue weighted by molar-refractivity contribution is 1.50. The molecule has 80 valence electrons. The van der Waals surface area contributed by atoms with Gasteiger partial charge in [-0.15, -0.1) is 23.5 Å². The van der Waals surface area contributed by atoms with E-state index < -0.39 is 0 Å². The van der Waals surface area contributed by atoms with Crippen molar-refractivity contribution in [3.8, 4) is 22.9 Å². The average molecular weight is 284 g/mol. The van der Waals surface area contributed by atoms with E-state index in [0.717, 1.165) is 47.0 Å². The Morgan fingerprint density at radius 1 is 0.750 bits per heavy atom. The van der Waals surface area contributed by atoms with Gasteiger partial charge in [0, 0.05) is 0 Å². The summed E-state index contributed by atoms with van der Waals surface area (Å²) in [5.74, 6) is 0. The van der Waals surface area contributed by atoms with Gasteiger partial charge in [0.15, 0.2) is 0 Å². The van der Waals surface area contributed by atoms with E-state index in [-0.39, 0.29) is 0 Å². The van der Waals surface area contributed by atoms with Gasteiger partial charge in [0.2, 0.25) is 0 Å². The van der Waals surface area contributed by atoms with Crippen LogP contribution in [0.4, 0.5) is 0 Å². The molecule has 0 aliphatic carbocycles. The monoisotopic (exact) mass is 284 g/mol. The van der Waals surface area contributed by atoms with Gasteiger partial charge in [-0.3, -0.25) is 0 Å². The van der Waals surface area contributed by atoms with Crippen molar-refractivity contribution in [1.29, 1.82) is 21.0 Å². The molecule has 0 aliphatic heterocycles. The van der Waals surface area contributed by atoms with Gasteiger partial charge < -0.3 is 0 Å². The number of thiocyanates is 2. The van der Waals surface area contributed by atoms with Crippen molar-refractivity contribution in [1.82, 2.24) is 0 Å². The van der Waals surface area contributed by atoms with Crippen LogP contribution in [0.25, 0.3) is 0 Å². The molecule has 0 N–H and O–H groups in total. The molecule has 0 aliphatic rings. The number of hydrogen-bond donors (Lipinski definition) is 0. The van der Waals surface area contributed by atoms with Crippen molar-refractivity contribution in [3.05, 3.63) is 9.81 Å². The number of rotatable bonds is 6. The van der Waals surface area contributed by atoms with Crippen LogP contribution >= 0.6 is 47.0 Å². The first-order valence-corrected chi connectivity index (χ1v) is 7.56. The van der Waals surface area contributed by atoms with Gasteiger partial charge in [-0.05, 0) is 23.5 Å². The average Bonchev–Trinajstić information content (AvgIpc) is 2.31. The maximum Gasteiger partial charge on any atom is 0.134 e. The van der Waals surface area contributed by atoms with Crippen LogP contribution in [0.3, 0.4) is 0 Å². The van der Waals surface area contributed by atoms with E-state index >= 15 is 0 Å². The second-order valence-electron chi connectivity index (χ2n) is 1.88. The third-order valence-corrected chi connectivity index (χ3v) is 4.50. The first kappa shape index (κ1) is 15.1. The lowest BCUT2D eigenvalue weighted by atomic mass is 10.5. The SMILES string of the molecule is N#CSCSC(C#N)=C(C#N)SCSC#N. The van der Waals surface area contributed by atoms with Gasteiger partial charge in [-0.25, -0.2) is 0 Å². The predicted octanol–water partition coefficient (Wildman–Crippen LogP) is 3.06. The fourth-order valence-electron chi connectivity index (χ4n) is 0.527.